The minimum Gasteiger partial charge on any atom is -0.501 e. The quantitative estimate of drug-likeness (QED) is 0.0611. The molecule has 0 aliphatic rings. The number of hydrogen-bond donors (Lipinski definition) is 0. The minimum absolute atomic E-state index is 0. The SMILES string of the molecule is CC(C)Cc1cc(-c2[c-]cccc2)ncc1[Si](C)(C)C.CC(C)Cc1cc(-c2[c-]cccc2)ncc1[Si](C)(C)C.[2H]C(C)(C)c1cc(-c2[c-]cccc2)ncc1[Si](C)(C)C.[2H]C(C)(C)c1ccnc(-c2[c-]ccc3c2oc2ccccc23)c1.[2H]C([2H])(c1ccnc(-c2[c-]ccc3c2oc2ccccc23)c1)C(C)(C)C.[2H]C([2H])(c1ccnc(-c2[c-]ccc3c2oc2ccccc23)c1)C(C)C.[Ir].[Ir].[Ir]. The molecule has 0 saturated heterocycles. The van der Waals surface area contributed by atoms with Gasteiger partial charge >= 0.3 is 0 Å². The summed E-state index contributed by atoms with van der Waals surface area (Å²) in [5.41, 5.74) is 21.1. The standard InChI is InChI=1S/C22H20NO.C21H18NO.C20H16NO.2C18H24NSi.C17H22NSi.3Ir/c1-22(2,3)14-15-11-12-23-19(13-15)18-9-6-8-17-16-7-4-5-10-20(16)24-21(17)18;1-14(2)12-15-10-11-22-19(13-15)18-8-5-7-17-16-6-3-4-9-20(16)23-21(17)18;1-13(2)14-10-11-21-18(12-14)17-8-5-7-16-15-6-3-4-9-19(15)22-20(16)17;2*1-14(2)11-16-12-17(15-9-7-6-8-10-15)19-13-18(16)20(3,4)5;1-13(2)15-11-16(14-9-7-6-8-10-14)18-12-17(15)19(3,4)5;;;/h4-8,10-13H,14H2,1-3H3;3-7,9-11,13-14H,12H2,1-2H3;3-7,9-13H,1-2H3;2*6-9,12-14H,11H2,1-5H3;6-9,11-13H,1-5H3;;;/q6*-1;;;/i14D2;12D2;13D;;;13D;;;. The molecule has 9 heterocycles. The maximum atomic E-state index is 8.53. The molecular weight excluding hydrogens is 2190 g/mol. The number of aromatic nitrogens is 6. The van der Waals surface area contributed by atoms with Gasteiger partial charge in [-0.25, -0.2) is 0 Å². The first-order valence-electron chi connectivity index (χ1n) is 47.5. The Morgan fingerprint density at radius 1 is 0.336 bits per heavy atom. The maximum Gasteiger partial charge on any atom is 0.120 e. The molecule has 0 saturated carbocycles. The van der Waals surface area contributed by atoms with E-state index < -0.39 is 54.2 Å². The van der Waals surface area contributed by atoms with Crippen molar-refractivity contribution in [2.75, 3.05) is 0 Å². The molecule has 18 rings (SSSR count). The molecule has 0 bridgehead atoms. The zero-order chi connectivity index (χ0) is 96.6. The van der Waals surface area contributed by atoms with Crippen molar-refractivity contribution in [2.24, 2.45) is 23.2 Å². The van der Waals surface area contributed by atoms with Crippen LogP contribution in [0.1, 0.15) is 143 Å². The van der Waals surface area contributed by atoms with E-state index in [1.54, 1.807) is 36.8 Å². The average Bonchev–Trinajstić information content (AvgIpc) is 1.63. The fraction of sp³-hybridized carbons (Fsp3) is 0.276. The van der Waals surface area contributed by atoms with Gasteiger partial charge in [-0.15, -0.1) is 162 Å². The van der Waals surface area contributed by atoms with Crippen LogP contribution in [-0.2, 0) is 85.9 Å². The third kappa shape index (κ3) is 26.9. The van der Waals surface area contributed by atoms with Crippen molar-refractivity contribution >= 4 is 106 Å². The summed E-state index contributed by atoms with van der Waals surface area (Å²) in [5.74, 6) is -0.0735. The first kappa shape index (κ1) is 94.1. The average molecular weight is 2320 g/mol. The summed E-state index contributed by atoms with van der Waals surface area (Å²) in [7, 11) is -4.19. The first-order valence-corrected chi connectivity index (χ1v) is 55.0. The number of benzene rings is 9. The van der Waals surface area contributed by atoms with Crippen LogP contribution in [0, 0.1) is 59.6 Å². The molecule has 0 aliphatic carbocycles. The van der Waals surface area contributed by atoms with Crippen LogP contribution in [0.25, 0.3) is 133 Å². The second-order valence-electron chi connectivity index (χ2n) is 38.4. The summed E-state index contributed by atoms with van der Waals surface area (Å²) >= 11 is 0. The Morgan fingerprint density at radius 2 is 0.679 bits per heavy atom. The van der Waals surface area contributed by atoms with E-state index in [1.807, 2.05) is 251 Å². The van der Waals surface area contributed by atoms with E-state index in [0.717, 1.165) is 146 Å². The predicted octanol–water partition coefficient (Wildman–Crippen LogP) is 30.0. The molecule has 15 heteroatoms. The van der Waals surface area contributed by atoms with Gasteiger partial charge in [-0.3, -0.25) is 0 Å². The van der Waals surface area contributed by atoms with Crippen LogP contribution in [-0.4, -0.2) is 54.1 Å². The van der Waals surface area contributed by atoms with Gasteiger partial charge in [0.25, 0.3) is 0 Å². The second-order valence-corrected chi connectivity index (χ2v) is 53.5. The molecule has 681 valence electrons. The van der Waals surface area contributed by atoms with Crippen LogP contribution in [0.2, 0.25) is 58.9 Å². The number of nitrogens with zero attached hydrogens (tertiary/aromatic N) is 6. The van der Waals surface area contributed by atoms with E-state index >= 15 is 0 Å². The van der Waals surface area contributed by atoms with E-state index in [9.17, 15) is 0 Å². The van der Waals surface area contributed by atoms with Crippen molar-refractivity contribution in [1.29, 1.82) is 0 Å². The van der Waals surface area contributed by atoms with Crippen molar-refractivity contribution < 1.29 is 81.8 Å². The monoisotopic (exact) mass is 2320 g/mol. The molecule has 3 radical (unpaired) electrons. The molecule has 9 aromatic carbocycles. The van der Waals surface area contributed by atoms with Crippen LogP contribution in [0.4, 0.5) is 0 Å². The van der Waals surface area contributed by atoms with Gasteiger partial charge in [0.2, 0.25) is 0 Å². The molecule has 0 aliphatic heterocycles. The van der Waals surface area contributed by atoms with Crippen LogP contribution < -0.4 is 15.6 Å². The van der Waals surface area contributed by atoms with E-state index in [4.69, 9.17) is 21.5 Å². The molecule has 0 N–H and O–H groups in total. The third-order valence-electron chi connectivity index (χ3n) is 21.7. The number of rotatable bonds is 18. The van der Waals surface area contributed by atoms with Gasteiger partial charge in [0.1, 0.15) is 16.7 Å². The number of hydrogen-bond acceptors (Lipinski definition) is 9. The minimum atomic E-state index is -1.50. The van der Waals surface area contributed by atoms with Crippen LogP contribution >= 0.6 is 0 Å². The largest absolute Gasteiger partial charge is 0.501 e. The molecular formula is C116H124Ir3N6O3Si3-6. The van der Waals surface area contributed by atoms with Gasteiger partial charge in [-0.2, -0.15) is 0 Å². The summed E-state index contributed by atoms with van der Waals surface area (Å²) in [6, 6.07) is 96.5. The molecule has 131 heavy (non-hydrogen) atoms. The number of pyridine rings is 6. The topological polar surface area (TPSA) is 117 Å². The van der Waals surface area contributed by atoms with Crippen molar-refractivity contribution in [3.8, 4) is 67.5 Å². The number of fused-ring (bicyclic) bond motifs is 9. The number of furan rings is 3. The van der Waals surface area contributed by atoms with Gasteiger partial charge in [0.05, 0.1) is 41.0 Å². The zero-order valence-electron chi connectivity index (χ0n) is 85.5. The Morgan fingerprint density at radius 3 is 1.02 bits per heavy atom. The van der Waals surface area contributed by atoms with Gasteiger partial charge in [0, 0.05) is 122 Å². The molecule has 0 fully saturated rings. The zero-order valence-corrected chi connectivity index (χ0v) is 89.7. The van der Waals surface area contributed by atoms with E-state index in [-0.39, 0.29) is 66.2 Å². The third-order valence-corrected chi connectivity index (χ3v) is 27.8. The van der Waals surface area contributed by atoms with Crippen LogP contribution in [0.3, 0.4) is 0 Å². The summed E-state index contributed by atoms with van der Waals surface area (Å²) in [6.45, 7) is 47.5. The molecule has 9 nitrogen and oxygen atoms in total. The van der Waals surface area contributed by atoms with E-state index in [2.05, 4.69) is 202 Å². The van der Waals surface area contributed by atoms with Gasteiger partial charge in [-0.05, 0) is 147 Å². The maximum absolute atomic E-state index is 8.53. The summed E-state index contributed by atoms with van der Waals surface area (Å²) < 4.78 is 68.6. The molecule has 9 aromatic heterocycles. The Labute approximate surface area is 831 Å². The Kier molecular flexibility index (Phi) is 33.0. The molecule has 18 aromatic rings. The number of para-hydroxylation sites is 3. The predicted molar refractivity (Wildman–Crippen MR) is 549 cm³/mol. The molecule has 0 atom stereocenters. The van der Waals surface area contributed by atoms with Gasteiger partial charge < -0.3 is 43.2 Å². The van der Waals surface area contributed by atoms with Crippen molar-refractivity contribution in [3.05, 3.63) is 344 Å². The molecule has 0 amide bonds. The van der Waals surface area contributed by atoms with E-state index in [0.29, 0.717) is 34.4 Å². The summed E-state index contributed by atoms with van der Waals surface area (Å²) in [4.78, 5) is 27.4. The van der Waals surface area contributed by atoms with Crippen LogP contribution in [0.15, 0.2) is 287 Å². The fourth-order valence-electron chi connectivity index (χ4n) is 15.7. The summed E-state index contributed by atoms with van der Waals surface area (Å²) in [6.07, 6.45) is 10.6. The van der Waals surface area contributed by atoms with Gasteiger partial charge in [0.15, 0.2) is 0 Å². The van der Waals surface area contributed by atoms with Crippen LogP contribution in [0.5, 0.6) is 0 Å². The molecule has 0 unspecified atom stereocenters. The normalized spacial score (nSPS) is 12.6. The Hall–Kier alpha value is -10.1. The van der Waals surface area contributed by atoms with Gasteiger partial charge in [-0.1, -0.05) is 306 Å². The van der Waals surface area contributed by atoms with Crippen molar-refractivity contribution in [1.82, 2.24) is 29.9 Å². The van der Waals surface area contributed by atoms with Crippen molar-refractivity contribution in [2.45, 2.75) is 186 Å². The summed E-state index contributed by atoms with van der Waals surface area (Å²) in [5, 5.41) is 10.6. The van der Waals surface area contributed by atoms with E-state index in [1.165, 1.54) is 26.7 Å². The molecule has 0 spiro atoms. The van der Waals surface area contributed by atoms with Crippen molar-refractivity contribution in [3.63, 3.8) is 0 Å². The first-order chi connectivity index (χ1) is 63.3. The second kappa shape index (κ2) is 46.0. The smallest absolute Gasteiger partial charge is 0.120 e. The Balaban J connectivity index is 0.000000170. The fourth-order valence-corrected chi connectivity index (χ4v) is 20.5. The Bertz CT molecular complexity index is 6990.